The Bertz CT molecular complexity index is 1840. The fraction of sp³-hybridized carbons (Fsp3) is 0.436. The Hall–Kier alpha value is -2.61. The quantitative estimate of drug-likeness (QED) is 0.0422. The van der Waals surface area contributed by atoms with Crippen LogP contribution in [-0.2, 0) is 26.4 Å². The van der Waals surface area contributed by atoms with Crippen LogP contribution < -0.4 is 4.74 Å². The van der Waals surface area contributed by atoms with E-state index in [-0.39, 0.29) is 34.3 Å². The number of para-hydroxylation sites is 1. The fourth-order valence-electron chi connectivity index (χ4n) is 6.72. The maximum Gasteiger partial charge on any atom is 0.129 e. The molecule has 50 heavy (non-hydrogen) atoms. The number of aliphatic hydroxyl groups is 1. The van der Waals surface area contributed by atoms with E-state index in [1.54, 1.807) is 19.9 Å². The number of fused-ring (bicyclic) bond motifs is 1. The maximum atomic E-state index is 14.6. The van der Waals surface area contributed by atoms with Crippen molar-refractivity contribution in [3.05, 3.63) is 93.3 Å². The predicted octanol–water partition coefficient (Wildman–Crippen LogP) is 11.3. The van der Waals surface area contributed by atoms with E-state index in [1.807, 2.05) is 13.8 Å². The van der Waals surface area contributed by atoms with Crippen molar-refractivity contribution in [2.24, 2.45) is 5.41 Å². The molecule has 0 radical (unpaired) electrons. The minimum atomic E-state index is -2.68. The summed E-state index contributed by atoms with van der Waals surface area (Å²) in [7, 11) is 12.4. The molecule has 0 fully saturated rings. The molecule has 3 aromatic rings. The summed E-state index contributed by atoms with van der Waals surface area (Å²) in [6, 6.07) is 9.82. The van der Waals surface area contributed by atoms with Gasteiger partial charge in [0.25, 0.3) is 0 Å². The number of hydrogen-bond acceptors (Lipinski definition) is 1. The molecule has 3 nitrogen and oxygen atoms in total. The second-order valence-electron chi connectivity index (χ2n) is 14.2. The first kappa shape index (κ1) is 40.2. The number of aromatic hydroxyl groups is 1. The van der Waals surface area contributed by atoms with Gasteiger partial charge in [0.2, 0.25) is 0 Å². The number of nitrogens with zero attached hydrogens (tertiary/aromatic N) is 1. The summed E-state index contributed by atoms with van der Waals surface area (Å²) >= 11 is -2.68. The number of benzene rings is 3. The van der Waals surface area contributed by atoms with E-state index in [0.29, 0.717) is 21.2 Å². The van der Waals surface area contributed by atoms with Crippen LogP contribution >= 0.6 is 19.4 Å². The summed E-state index contributed by atoms with van der Waals surface area (Å²) in [5.74, 6) is -9.42. The van der Waals surface area contributed by atoms with Gasteiger partial charge in [0.1, 0.15) is 5.54 Å². The van der Waals surface area contributed by atoms with E-state index in [4.69, 9.17) is 24.1 Å². The van der Waals surface area contributed by atoms with Crippen molar-refractivity contribution in [2.45, 2.75) is 106 Å². The second-order valence-corrected chi connectivity index (χ2v) is 20.0. The number of allylic oxidation sites excluding steroid dienone is 1. The molecule has 1 aliphatic carbocycles. The van der Waals surface area contributed by atoms with E-state index in [9.17, 15) is 22.0 Å². The largest absolute Gasteiger partial charge is 0.359 e. The number of aryl methyl sites for hydroxylation is 2. The Morgan fingerprint density at radius 1 is 0.860 bits per heavy atom. The molecular weight excluding hydrogens is 781 g/mol. The first-order chi connectivity index (χ1) is 23.2. The van der Waals surface area contributed by atoms with Crippen molar-refractivity contribution in [3.63, 3.8) is 0 Å². The van der Waals surface area contributed by atoms with Crippen LogP contribution in [0.1, 0.15) is 103 Å². The Morgan fingerprint density at radius 3 is 1.84 bits per heavy atom. The maximum absolute atomic E-state index is 14.6. The van der Waals surface area contributed by atoms with Gasteiger partial charge in [-0.05, 0) is 32.1 Å². The van der Waals surface area contributed by atoms with Gasteiger partial charge in [-0.2, -0.15) is 0 Å². The number of rotatable bonds is 8. The summed E-state index contributed by atoms with van der Waals surface area (Å²) in [4.78, 5) is 0. The van der Waals surface area contributed by atoms with Gasteiger partial charge in [0.05, 0.1) is 5.69 Å². The van der Waals surface area contributed by atoms with Crippen LogP contribution in [0.4, 0.5) is 27.6 Å². The summed E-state index contributed by atoms with van der Waals surface area (Å²) in [6.07, 6.45) is 7.92. The Kier molecular flexibility index (Phi) is 12.5. The molecule has 0 amide bonds. The monoisotopic (exact) mass is 826 g/mol. The molecule has 2 aliphatic rings. The fourth-order valence-corrected chi connectivity index (χ4v) is 9.19. The van der Waals surface area contributed by atoms with Crippen LogP contribution in [0.3, 0.4) is 0 Å². The Balaban J connectivity index is 0.000000252. The third kappa shape index (κ3) is 8.21. The van der Waals surface area contributed by atoms with E-state index in [2.05, 4.69) is 75.3 Å². The molecule has 274 valence electrons. The first-order valence-electron chi connectivity index (χ1n) is 16.6. The van der Waals surface area contributed by atoms with Gasteiger partial charge in [-0.1, -0.05) is 57.0 Å². The molecular formula is C39H45Cl2F5NO2Ru+. The van der Waals surface area contributed by atoms with Crippen LogP contribution in [-0.4, -0.2) is 37.4 Å². The second kappa shape index (κ2) is 15.6. The van der Waals surface area contributed by atoms with Crippen LogP contribution in [0.15, 0.2) is 36.4 Å². The smallest absolute Gasteiger partial charge is 0.129 e. The predicted molar refractivity (Wildman–Crippen MR) is 191 cm³/mol. The van der Waals surface area contributed by atoms with Gasteiger partial charge in [0, 0.05) is 12.6 Å². The summed E-state index contributed by atoms with van der Waals surface area (Å²) in [5, 5.41) is 0. The van der Waals surface area contributed by atoms with Gasteiger partial charge in [0.15, 0.2) is 0 Å². The van der Waals surface area contributed by atoms with Crippen molar-refractivity contribution in [2.75, 3.05) is 0 Å². The third-order valence-electron chi connectivity index (χ3n) is 8.36. The molecule has 3 aromatic carbocycles. The van der Waals surface area contributed by atoms with Crippen LogP contribution in [0.25, 0.3) is 5.57 Å². The average molecular weight is 827 g/mol. The molecule has 1 N–H and O–H groups in total. The molecule has 0 saturated heterocycles. The van der Waals surface area contributed by atoms with Crippen LogP contribution in [0, 0.1) is 34.5 Å². The molecule has 5 rings (SSSR count). The number of ether oxygens (including phenoxy) is 2. The van der Waals surface area contributed by atoms with Gasteiger partial charge in [-0.3, -0.25) is 0 Å². The van der Waals surface area contributed by atoms with Gasteiger partial charge >= 0.3 is 189 Å². The van der Waals surface area contributed by atoms with Crippen molar-refractivity contribution in [1.29, 1.82) is 0 Å². The molecule has 0 atom stereocenters. The molecule has 0 aromatic heterocycles. The number of halogens is 7. The molecule has 1 heterocycles. The summed E-state index contributed by atoms with van der Waals surface area (Å²) in [6.45, 7) is 20.9. The zero-order chi connectivity index (χ0) is 37.5. The normalized spacial score (nSPS) is 16.2. The molecule has 1 aliphatic heterocycles. The van der Waals surface area contributed by atoms with Gasteiger partial charge in [-0.15, -0.1) is 0 Å². The van der Waals surface area contributed by atoms with Crippen molar-refractivity contribution in [1.82, 2.24) is 0 Å². The number of hydrogen-bond donors (Lipinski definition) is 0. The molecule has 0 bridgehead atoms. The third-order valence-corrected chi connectivity index (χ3v) is 11.5. The van der Waals surface area contributed by atoms with E-state index in [0.717, 1.165) is 19.3 Å². The van der Waals surface area contributed by atoms with Crippen molar-refractivity contribution < 1.29 is 49.5 Å². The van der Waals surface area contributed by atoms with Gasteiger partial charge in [-0.25, -0.2) is 0 Å². The minimum Gasteiger partial charge on any atom is -0.359 e. The molecule has 0 spiro atoms. The van der Waals surface area contributed by atoms with Crippen molar-refractivity contribution >= 4 is 41.0 Å². The van der Waals surface area contributed by atoms with Crippen LogP contribution in [0.2, 0.25) is 0 Å². The zero-order valence-electron chi connectivity index (χ0n) is 30.0. The Morgan fingerprint density at radius 2 is 1.40 bits per heavy atom. The van der Waals surface area contributed by atoms with Gasteiger partial charge < -0.3 is 4.58 Å². The van der Waals surface area contributed by atoms with Crippen molar-refractivity contribution in [3.8, 4) is 11.5 Å². The summed E-state index contributed by atoms with van der Waals surface area (Å²) in [5.41, 5.74) is 3.94. The van der Waals surface area contributed by atoms with E-state index < -0.39 is 48.2 Å². The first-order valence-corrected chi connectivity index (χ1v) is 21.9. The summed E-state index contributed by atoms with van der Waals surface area (Å²) < 4.78 is 83.7. The zero-order valence-corrected chi connectivity index (χ0v) is 33.3. The van der Waals surface area contributed by atoms with Crippen LogP contribution in [0.5, 0.6) is 11.5 Å². The SMILES string of the molecule is CC(C)Oc1cc([OH+]C(C)C)c2c(c1)C(c1c(F)c(F)c(F)c(F)c1F)=C[C]2=[Ru]([Cl])[Cl].CCc1cccc(CC)c1[N+]1=[C-]C(C)(C)CC1(C)C. The van der Waals surface area contributed by atoms with E-state index >= 15 is 0 Å². The standard InChI is InChI=1S/C21H17F5O2.C18H27N.2ClH.Ru/c1-9(2)27-11-7-14-12(15(8-11)28-10(3)4)5-6-13(14)16-17(22)19(24)21(26)20(25)18(16)23;1-7-14-10-9-11-15(8-2)16(14)19-13-17(3,4)12-18(19,5)6;;;/h6-10H,1-4H3;9-11H,7-8,12H2,1-6H3;2*1H;/q;;;;+2/p-1. The molecule has 11 heteroatoms. The average Bonchev–Trinajstić information content (AvgIpc) is 3.51. The minimum absolute atomic E-state index is 0.151. The molecule has 0 unspecified atom stereocenters. The Labute approximate surface area is 305 Å². The topological polar surface area (TPSA) is 25.0 Å². The molecule has 0 saturated carbocycles. The van der Waals surface area contributed by atoms with E-state index in [1.165, 1.54) is 29.0 Å².